The van der Waals surface area contributed by atoms with Gasteiger partial charge in [0.05, 0.1) is 25.2 Å². The highest BCUT2D eigenvalue weighted by Gasteiger charge is 2.27. The average molecular weight is 580 g/mol. The molecule has 4 aromatic rings. The van der Waals surface area contributed by atoms with Crippen LogP contribution in [0.2, 0.25) is 0 Å². The van der Waals surface area contributed by atoms with Crippen LogP contribution in [0.15, 0.2) is 121 Å². The minimum absolute atomic E-state index is 0.0747. The number of aliphatic hydroxyl groups is 1. The van der Waals surface area contributed by atoms with E-state index in [0.717, 1.165) is 16.7 Å². The van der Waals surface area contributed by atoms with E-state index in [1.54, 1.807) is 24.3 Å². The molecular formula is C35H37N3O5. The van der Waals surface area contributed by atoms with Crippen LogP contribution in [0, 0.1) is 0 Å². The monoisotopic (exact) mass is 579 g/mol. The molecule has 0 aliphatic carbocycles. The van der Waals surface area contributed by atoms with Gasteiger partial charge in [0, 0.05) is 12.1 Å². The van der Waals surface area contributed by atoms with Gasteiger partial charge in [-0.3, -0.25) is 4.79 Å². The molecule has 2 atom stereocenters. The number of hydrogen-bond acceptors (Lipinski definition) is 5. The molecule has 43 heavy (non-hydrogen) atoms. The van der Waals surface area contributed by atoms with E-state index in [1.807, 2.05) is 97.1 Å². The summed E-state index contributed by atoms with van der Waals surface area (Å²) in [6.07, 6.45) is -0.930. The Morgan fingerprint density at radius 1 is 0.721 bits per heavy atom. The van der Waals surface area contributed by atoms with E-state index in [2.05, 4.69) is 10.6 Å². The van der Waals surface area contributed by atoms with Crippen molar-refractivity contribution in [2.24, 2.45) is 0 Å². The summed E-state index contributed by atoms with van der Waals surface area (Å²) in [5.41, 5.74) is 3.27. The Morgan fingerprint density at radius 3 is 1.86 bits per heavy atom. The predicted octanol–water partition coefficient (Wildman–Crippen LogP) is 5.02. The normalized spacial score (nSPS) is 12.0. The molecule has 4 aromatic carbocycles. The summed E-state index contributed by atoms with van der Waals surface area (Å²) in [7, 11) is 0. The maximum absolute atomic E-state index is 13.3. The first-order valence-electron chi connectivity index (χ1n) is 14.3. The number of ketones is 1. The second-order valence-electron chi connectivity index (χ2n) is 10.2. The van der Waals surface area contributed by atoms with Gasteiger partial charge in [-0.25, -0.2) is 9.59 Å². The maximum Gasteiger partial charge on any atom is 0.407 e. The molecule has 222 valence electrons. The molecule has 8 heteroatoms. The van der Waals surface area contributed by atoms with Gasteiger partial charge in [-0.1, -0.05) is 121 Å². The number of hydrogen-bond donors (Lipinski definition) is 3. The summed E-state index contributed by atoms with van der Waals surface area (Å²) in [4.78, 5) is 40.2. The average Bonchev–Trinajstić information content (AvgIpc) is 3.05. The molecule has 0 aliphatic heterocycles. The number of carbonyl (C=O) groups excluding carboxylic acids is 3. The molecule has 0 heterocycles. The van der Waals surface area contributed by atoms with E-state index < -0.39 is 24.3 Å². The maximum atomic E-state index is 13.3. The fourth-order valence-electron chi connectivity index (χ4n) is 4.60. The summed E-state index contributed by atoms with van der Waals surface area (Å²) in [6, 6.07) is 36.0. The van der Waals surface area contributed by atoms with Crippen LogP contribution < -0.4 is 10.6 Å². The standard InChI is InChI=1S/C35H37N3O5/c39-32(30-19-11-4-12-20-30)24-36-34(41)38(22-21-27-13-5-1-6-14-27)25-33(40)31(23-28-15-7-2-8-16-28)37-35(42)43-26-29-17-9-3-10-18-29/h1-20,31,33,40H,21-26H2,(H,36,41)(H,37,42). The number of benzene rings is 4. The molecule has 4 rings (SSSR count). The zero-order chi connectivity index (χ0) is 30.3. The van der Waals surface area contributed by atoms with Crippen molar-refractivity contribution in [2.75, 3.05) is 19.6 Å². The highest BCUT2D eigenvalue weighted by atomic mass is 16.5. The molecule has 8 nitrogen and oxygen atoms in total. The SMILES string of the molecule is O=C(NC(Cc1ccccc1)C(O)CN(CCc1ccccc1)C(=O)NCC(=O)c1ccccc1)OCc1ccccc1. The number of rotatable bonds is 14. The third-order valence-electron chi connectivity index (χ3n) is 6.98. The molecule has 3 amide bonds. The van der Waals surface area contributed by atoms with Crippen LogP contribution in [0.25, 0.3) is 0 Å². The number of nitrogens with one attached hydrogen (secondary N) is 2. The molecule has 0 radical (unpaired) electrons. The summed E-state index contributed by atoms with van der Waals surface area (Å²) in [5.74, 6) is -0.220. The third kappa shape index (κ3) is 10.4. The number of alkyl carbamates (subject to hydrolysis) is 1. The highest BCUT2D eigenvalue weighted by molar-refractivity contribution is 5.99. The topological polar surface area (TPSA) is 108 Å². The van der Waals surface area contributed by atoms with Crippen molar-refractivity contribution in [3.8, 4) is 0 Å². The first-order chi connectivity index (χ1) is 21.0. The second kappa shape index (κ2) is 16.5. The zero-order valence-electron chi connectivity index (χ0n) is 24.0. The van der Waals surface area contributed by atoms with Gasteiger partial charge in [0.1, 0.15) is 6.61 Å². The van der Waals surface area contributed by atoms with Crippen molar-refractivity contribution in [1.82, 2.24) is 15.5 Å². The fourth-order valence-corrected chi connectivity index (χ4v) is 4.60. The van der Waals surface area contributed by atoms with E-state index in [9.17, 15) is 19.5 Å². The van der Waals surface area contributed by atoms with Crippen LogP contribution >= 0.6 is 0 Å². The second-order valence-corrected chi connectivity index (χ2v) is 10.2. The molecule has 0 aliphatic rings. The number of urea groups is 1. The van der Waals surface area contributed by atoms with Crippen molar-refractivity contribution in [2.45, 2.75) is 31.6 Å². The number of nitrogens with zero attached hydrogens (tertiary/aromatic N) is 1. The minimum atomic E-state index is -1.13. The van der Waals surface area contributed by atoms with Crippen molar-refractivity contribution >= 4 is 17.9 Å². The van der Waals surface area contributed by atoms with Gasteiger partial charge in [-0.15, -0.1) is 0 Å². The molecular weight excluding hydrogens is 542 g/mol. The van der Waals surface area contributed by atoms with Crippen molar-refractivity contribution in [3.05, 3.63) is 144 Å². The Labute approximate surface area is 252 Å². The predicted molar refractivity (Wildman–Crippen MR) is 166 cm³/mol. The molecule has 0 bridgehead atoms. The number of amides is 3. The van der Waals surface area contributed by atoms with Gasteiger partial charge in [0.15, 0.2) is 5.78 Å². The van der Waals surface area contributed by atoms with E-state index in [4.69, 9.17) is 4.74 Å². The van der Waals surface area contributed by atoms with Crippen molar-refractivity contribution in [1.29, 1.82) is 0 Å². The van der Waals surface area contributed by atoms with E-state index in [-0.39, 0.29) is 25.5 Å². The summed E-state index contributed by atoms with van der Waals surface area (Å²) in [5, 5.41) is 16.9. The van der Waals surface area contributed by atoms with Crippen LogP contribution in [0.1, 0.15) is 27.0 Å². The van der Waals surface area contributed by atoms with E-state index >= 15 is 0 Å². The highest BCUT2D eigenvalue weighted by Crippen LogP contribution is 2.11. The van der Waals surface area contributed by atoms with Crippen LogP contribution in [-0.2, 0) is 24.2 Å². The number of ether oxygens (including phenoxy) is 1. The van der Waals surface area contributed by atoms with E-state index in [1.165, 1.54) is 4.90 Å². The lowest BCUT2D eigenvalue weighted by atomic mass is 10.0. The third-order valence-corrected chi connectivity index (χ3v) is 6.98. The van der Waals surface area contributed by atoms with Crippen molar-refractivity contribution < 1.29 is 24.2 Å². The Bertz CT molecular complexity index is 1420. The van der Waals surface area contributed by atoms with Crippen molar-refractivity contribution in [3.63, 3.8) is 0 Å². The number of Topliss-reactive ketones (excluding diaryl/α,β-unsaturated/α-hetero) is 1. The lowest BCUT2D eigenvalue weighted by Crippen LogP contribution is -2.53. The molecule has 0 fully saturated rings. The van der Waals surface area contributed by atoms with Crippen LogP contribution in [0.5, 0.6) is 0 Å². The summed E-state index contributed by atoms with van der Waals surface area (Å²) < 4.78 is 5.42. The number of carbonyl (C=O) groups is 3. The van der Waals surface area contributed by atoms with E-state index in [0.29, 0.717) is 24.9 Å². The van der Waals surface area contributed by atoms with Gasteiger partial charge in [0.25, 0.3) is 0 Å². The summed E-state index contributed by atoms with van der Waals surface area (Å²) >= 11 is 0. The molecule has 2 unspecified atom stereocenters. The van der Waals surface area contributed by atoms with Gasteiger partial charge in [-0.05, 0) is 29.5 Å². The van der Waals surface area contributed by atoms with Gasteiger partial charge in [-0.2, -0.15) is 0 Å². The first kappa shape index (κ1) is 31.0. The van der Waals surface area contributed by atoms with Crippen LogP contribution in [-0.4, -0.2) is 59.7 Å². The van der Waals surface area contributed by atoms with Gasteiger partial charge >= 0.3 is 12.1 Å². The Morgan fingerprint density at radius 2 is 1.26 bits per heavy atom. The zero-order valence-corrected chi connectivity index (χ0v) is 24.0. The molecule has 0 saturated carbocycles. The molecule has 0 spiro atoms. The quantitative estimate of drug-likeness (QED) is 0.182. The first-order valence-corrected chi connectivity index (χ1v) is 14.3. The van der Waals surface area contributed by atoms with Crippen LogP contribution in [0.3, 0.4) is 0 Å². The lowest BCUT2D eigenvalue weighted by Gasteiger charge is -2.30. The Kier molecular flexibility index (Phi) is 11.9. The van der Waals surface area contributed by atoms with Gasteiger partial charge < -0.3 is 25.4 Å². The number of aliphatic hydroxyl groups excluding tert-OH is 1. The summed E-state index contributed by atoms with van der Waals surface area (Å²) in [6.45, 7) is 0.123. The van der Waals surface area contributed by atoms with Crippen LogP contribution in [0.4, 0.5) is 9.59 Å². The lowest BCUT2D eigenvalue weighted by molar-refractivity contribution is 0.0784. The Hall–Kier alpha value is -4.95. The molecule has 0 saturated heterocycles. The largest absolute Gasteiger partial charge is 0.445 e. The smallest absolute Gasteiger partial charge is 0.407 e. The minimum Gasteiger partial charge on any atom is -0.445 e. The van der Waals surface area contributed by atoms with Gasteiger partial charge in [0.2, 0.25) is 0 Å². The molecule has 0 aromatic heterocycles. The fraction of sp³-hybridized carbons (Fsp3) is 0.229. The molecule has 3 N–H and O–H groups in total. The Balaban J connectivity index is 1.45.